The first kappa shape index (κ1) is 21.6. The van der Waals surface area contributed by atoms with Gasteiger partial charge in [-0.1, -0.05) is 6.42 Å². The number of carbonyl (C=O) groups excluding carboxylic acids is 1. The molecule has 128 valence electrons. The van der Waals surface area contributed by atoms with Crippen molar-refractivity contribution in [3.8, 4) is 0 Å². The molecule has 1 aromatic heterocycles. The van der Waals surface area contributed by atoms with Gasteiger partial charge in [0, 0.05) is 18.3 Å². The summed E-state index contributed by atoms with van der Waals surface area (Å²) in [7, 11) is 0. The minimum Gasteiger partial charge on any atom is -0.351 e. The van der Waals surface area contributed by atoms with Crippen LogP contribution in [0.3, 0.4) is 0 Å². The zero-order valence-electron chi connectivity index (χ0n) is 12.8. The van der Waals surface area contributed by atoms with E-state index in [1.54, 1.807) is 0 Å². The van der Waals surface area contributed by atoms with Crippen LogP contribution < -0.4 is 11.1 Å². The van der Waals surface area contributed by atoms with E-state index in [2.05, 4.69) is 15.2 Å². The molecular formula is C14H26Cl2N4OS. The van der Waals surface area contributed by atoms with E-state index >= 15 is 0 Å². The molecule has 3 N–H and O–H groups in total. The summed E-state index contributed by atoms with van der Waals surface area (Å²) in [5.41, 5.74) is 6.00. The topological polar surface area (TPSA) is 71.2 Å². The van der Waals surface area contributed by atoms with Gasteiger partial charge in [0.15, 0.2) is 0 Å². The highest BCUT2D eigenvalue weighted by atomic mass is 35.5. The lowest BCUT2D eigenvalue weighted by molar-refractivity contribution is 0.0946. The summed E-state index contributed by atoms with van der Waals surface area (Å²) in [6.07, 6.45) is 5.74. The number of halogens is 2. The van der Waals surface area contributed by atoms with Gasteiger partial charge in [0.2, 0.25) is 0 Å². The zero-order valence-corrected chi connectivity index (χ0v) is 15.2. The van der Waals surface area contributed by atoms with Crippen LogP contribution in [0.5, 0.6) is 0 Å². The highest BCUT2D eigenvalue weighted by Crippen LogP contribution is 2.10. The van der Waals surface area contributed by atoms with Gasteiger partial charge in [-0.25, -0.2) is 4.98 Å². The number of nitrogens with one attached hydrogen (secondary N) is 1. The van der Waals surface area contributed by atoms with E-state index in [9.17, 15) is 4.79 Å². The van der Waals surface area contributed by atoms with E-state index in [0.29, 0.717) is 12.2 Å². The second-order valence-corrected chi connectivity index (χ2v) is 6.12. The standard InChI is InChI=1S/C14H24N4OS.2ClH/c15-6-5-13-17-12(11-20-13)14(19)16-7-4-10-18-8-2-1-3-9-18;;/h11H,1-10,15H2,(H,16,19);2*1H. The first-order valence-corrected chi connectivity index (χ1v) is 8.32. The summed E-state index contributed by atoms with van der Waals surface area (Å²) in [6, 6.07) is 0. The lowest BCUT2D eigenvalue weighted by atomic mass is 10.1. The van der Waals surface area contributed by atoms with Crippen LogP contribution in [0.15, 0.2) is 5.38 Å². The minimum atomic E-state index is -0.0665. The lowest BCUT2D eigenvalue weighted by Gasteiger charge is -2.26. The Hall–Kier alpha value is -0.400. The fourth-order valence-corrected chi connectivity index (χ4v) is 3.23. The molecule has 0 aromatic carbocycles. The monoisotopic (exact) mass is 368 g/mol. The first-order chi connectivity index (χ1) is 9.79. The van der Waals surface area contributed by atoms with Crippen LogP contribution in [0.4, 0.5) is 0 Å². The molecule has 1 amide bonds. The zero-order chi connectivity index (χ0) is 14.2. The van der Waals surface area contributed by atoms with Crippen LogP contribution in [0.2, 0.25) is 0 Å². The molecule has 1 aliphatic rings. The summed E-state index contributed by atoms with van der Waals surface area (Å²) in [4.78, 5) is 18.7. The molecule has 8 heteroatoms. The largest absolute Gasteiger partial charge is 0.351 e. The molecular weight excluding hydrogens is 343 g/mol. The summed E-state index contributed by atoms with van der Waals surface area (Å²) in [6.45, 7) is 4.80. The van der Waals surface area contributed by atoms with Crippen molar-refractivity contribution < 1.29 is 4.79 Å². The van der Waals surface area contributed by atoms with Crippen molar-refractivity contribution >= 4 is 42.1 Å². The van der Waals surface area contributed by atoms with Gasteiger partial charge in [0.1, 0.15) is 5.69 Å². The van der Waals surface area contributed by atoms with E-state index in [-0.39, 0.29) is 30.7 Å². The fraction of sp³-hybridized carbons (Fsp3) is 0.714. The molecule has 1 fully saturated rings. The van der Waals surface area contributed by atoms with Crippen molar-refractivity contribution in [3.05, 3.63) is 16.1 Å². The third-order valence-electron chi connectivity index (χ3n) is 3.53. The fourth-order valence-electron chi connectivity index (χ4n) is 2.43. The minimum absolute atomic E-state index is 0. The normalized spacial score (nSPS) is 14.8. The molecule has 0 saturated carbocycles. The van der Waals surface area contributed by atoms with Crippen LogP contribution in [0.1, 0.15) is 41.2 Å². The summed E-state index contributed by atoms with van der Waals surface area (Å²) >= 11 is 1.50. The molecule has 1 saturated heterocycles. The number of thiazole rings is 1. The van der Waals surface area contributed by atoms with Crippen LogP contribution >= 0.6 is 36.2 Å². The van der Waals surface area contributed by atoms with Crippen LogP contribution in [-0.4, -0.2) is 48.5 Å². The third kappa shape index (κ3) is 7.24. The molecule has 1 aromatic rings. The van der Waals surface area contributed by atoms with Crippen LogP contribution in [0, 0.1) is 0 Å². The molecule has 0 aliphatic carbocycles. The smallest absolute Gasteiger partial charge is 0.270 e. The predicted octanol–water partition coefficient (Wildman–Crippen LogP) is 2.09. The maximum atomic E-state index is 11.9. The Labute approximate surface area is 148 Å². The number of rotatable bonds is 7. The van der Waals surface area contributed by atoms with Crippen LogP contribution in [0.25, 0.3) is 0 Å². The maximum Gasteiger partial charge on any atom is 0.270 e. The number of aromatic nitrogens is 1. The molecule has 5 nitrogen and oxygen atoms in total. The molecule has 2 heterocycles. The van der Waals surface area contributed by atoms with Gasteiger partial charge in [-0.15, -0.1) is 36.2 Å². The Bertz CT molecular complexity index is 425. The number of hydrogen-bond donors (Lipinski definition) is 2. The van der Waals surface area contributed by atoms with Gasteiger partial charge in [-0.2, -0.15) is 0 Å². The highest BCUT2D eigenvalue weighted by Gasteiger charge is 2.11. The quantitative estimate of drug-likeness (QED) is 0.722. The van der Waals surface area contributed by atoms with Gasteiger partial charge in [-0.3, -0.25) is 4.79 Å². The van der Waals surface area contributed by atoms with Crippen molar-refractivity contribution in [1.29, 1.82) is 0 Å². The molecule has 0 bridgehead atoms. The average Bonchev–Trinajstić information content (AvgIpc) is 2.94. The molecule has 22 heavy (non-hydrogen) atoms. The number of carbonyl (C=O) groups is 1. The molecule has 0 radical (unpaired) electrons. The van der Waals surface area contributed by atoms with Gasteiger partial charge in [-0.05, 0) is 45.4 Å². The summed E-state index contributed by atoms with van der Waals surface area (Å²) in [5.74, 6) is -0.0665. The molecule has 1 aliphatic heterocycles. The maximum absolute atomic E-state index is 11.9. The Morgan fingerprint density at radius 3 is 2.73 bits per heavy atom. The average molecular weight is 369 g/mol. The molecule has 0 atom stereocenters. The van der Waals surface area contributed by atoms with Gasteiger partial charge in [0.05, 0.1) is 5.01 Å². The summed E-state index contributed by atoms with van der Waals surface area (Å²) in [5, 5.41) is 5.69. The Morgan fingerprint density at radius 2 is 2.05 bits per heavy atom. The molecule has 2 rings (SSSR count). The highest BCUT2D eigenvalue weighted by molar-refractivity contribution is 7.09. The van der Waals surface area contributed by atoms with Crippen molar-refractivity contribution in [2.75, 3.05) is 32.7 Å². The number of amides is 1. The lowest BCUT2D eigenvalue weighted by Crippen LogP contribution is -2.33. The molecule has 0 spiro atoms. The number of piperidine rings is 1. The van der Waals surface area contributed by atoms with Crippen molar-refractivity contribution in [2.45, 2.75) is 32.1 Å². The van der Waals surface area contributed by atoms with Gasteiger partial charge >= 0.3 is 0 Å². The van der Waals surface area contributed by atoms with Crippen molar-refractivity contribution in [2.24, 2.45) is 5.73 Å². The second kappa shape index (κ2) is 12.1. The van der Waals surface area contributed by atoms with E-state index in [1.165, 1.54) is 43.7 Å². The Kier molecular flexibility index (Phi) is 11.9. The Balaban J connectivity index is 0.00000220. The number of nitrogens with two attached hydrogens (primary N) is 1. The number of likely N-dealkylation sites (tertiary alicyclic amines) is 1. The van der Waals surface area contributed by atoms with Crippen molar-refractivity contribution in [3.63, 3.8) is 0 Å². The third-order valence-corrected chi connectivity index (χ3v) is 4.44. The number of nitrogens with zero attached hydrogens (tertiary/aromatic N) is 2. The Morgan fingerprint density at radius 1 is 1.32 bits per heavy atom. The summed E-state index contributed by atoms with van der Waals surface area (Å²) < 4.78 is 0. The SMILES string of the molecule is Cl.Cl.NCCc1nc(C(=O)NCCCN2CCCCC2)cs1. The van der Waals surface area contributed by atoms with E-state index in [1.807, 2.05) is 5.38 Å². The van der Waals surface area contributed by atoms with Gasteiger partial charge < -0.3 is 16.0 Å². The predicted molar refractivity (Wildman–Crippen MR) is 96.6 cm³/mol. The second-order valence-electron chi connectivity index (χ2n) is 5.18. The van der Waals surface area contributed by atoms with E-state index < -0.39 is 0 Å². The van der Waals surface area contributed by atoms with E-state index in [4.69, 9.17) is 5.73 Å². The van der Waals surface area contributed by atoms with Gasteiger partial charge in [0.25, 0.3) is 5.91 Å². The van der Waals surface area contributed by atoms with Crippen molar-refractivity contribution in [1.82, 2.24) is 15.2 Å². The first-order valence-electron chi connectivity index (χ1n) is 7.44. The van der Waals surface area contributed by atoms with Crippen LogP contribution in [-0.2, 0) is 6.42 Å². The van der Waals surface area contributed by atoms with E-state index in [0.717, 1.165) is 30.9 Å². The number of hydrogen-bond acceptors (Lipinski definition) is 5. The molecule has 0 unspecified atom stereocenters.